The van der Waals surface area contributed by atoms with E-state index in [2.05, 4.69) is 39.3 Å². The van der Waals surface area contributed by atoms with Crippen LogP contribution in [0.25, 0.3) is 16.9 Å². The number of fused-ring (bicyclic) bond motifs is 1. The molecule has 2 aromatic heterocycles. The van der Waals surface area contributed by atoms with Gasteiger partial charge in [0.25, 0.3) is 5.78 Å². The molecule has 0 saturated heterocycles. The molecule has 0 spiro atoms. The zero-order valence-electron chi connectivity index (χ0n) is 10.8. The van der Waals surface area contributed by atoms with Crippen LogP contribution < -0.4 is 0 Å². The fraction of sp³-hybridized carbons (Fsp3) is 0.214. The second kappa shape index (κ2) is 4.78. The summed E-state index contributed by atoms with van der Waals surface area (Å²) in [7, 11) is 1.71. The molecule has 1 aromatic carbocycles. The van der Waals surface area contributed by atoms with Crippen molar-refractivity contribution in [3.05, 3.63) is 48.5 Å². The first-order chi connectivity index (χ1) is 9.28. The molecule has 0 N–H and O–H groups in total. The van der Waals surface area contributed by atoms with E-state index in [0.29, 0.717) is 5.78 Å². The Balaban J connectivity index is 1.96. The number of ether oxygens (including phenoxy) is 1. The van der Waals surface area contributed by atoms with Gasteiger partial charge in [0.1, 0.15) is 6.33 Å². The van der Waals surface area contributed by atoms with Crippen molar-refractivity contribution < 1.29 is 4.74 Å². The number of nitrogens with zero attached hydrogens (tertiary/aromatic N) is 4. The van der Waals surface area contributed by atoms with E-state index in [1.54, 1.807) is 17.8 Å². The molecule has 2 heterocycles. The molecule has 0 bridgehead atoms. The van der Waals surface area contributed by atoms with E-state index in [4.69, 9.17) is 4.74 Å². The Labute approximate surface area is 110 Å². The number of aromatic nitrogens is 4. The summed E-state index contributed by atoms with van der Waals surface area (Å²) >= 11 is 0. The van der Waals surface area contributed by atoms with Crippen LogP contribution >= 0.6 is 0 Å². The second-order valence-corrected chi connectivity index (χ2v) is 4.35. The molecule has 0 aliphatic carbocycles. The highest BCUT2D eigenvalue weighted by atomic mass is 16.5. The molecule has 0 radical (unpaired) electrons. The van der Waals surface area contributed by atoms with Crippen LogP contribution in [-0.2, 0) is 4.74 Å². The molecule has 3 rings (SSSR count). The third-order valence-electron chi connectivity index (χ3n) is 3.20. The first-order valence-corrected chi connectivity index (χ1v) is 6.06. The van der Waals surface area contributed by atoms with E-state index in [9.17, 15) is 0 Å². The van der Waals surface area contributed by atoms with E-state index in [-0.39, 0.29) is 6.10 Å². The van der Waals surface area contributed by atoms with Gasteiger partial charge in [-0.1, -0.05) is 24.3 Å². The van der Waals surface area contributed by atoms with Gasteiger partial charge in [-0.15, -0.1) is 0 Å². The molecule has 96 valence electrons. The van der Waals surface area contributed by atoms with Crippen molar-refractivity contribution in [3.63, 3.8) is 0 Å². The first-order valence-electron chi connectivity index (χ1n) is 6.06. The minimum atomic E-state index is 0.102. The molecule has 0 aliphatic rings. The highest BCUT2D eigenvalue weighted by molar-refractivity contribution is 5.62. The summed E-state index contributed by atoms with van der Waals surface area (Å²) in [6.07, 6.45) is 5.32. The molecule has 0 saturated carbocycles. The van der Waals surface area contributed by atoms with Crippen molar-refractivity contribution >= 4 is 5.78 Å². The minimum absolute atomic E-state index is 0.102. The molecular weight excluding hydrogens is 240 g/mol. The van der Waals surface area contributed by atoms with Gasteiger partial charge in [0.05, 0.1) is 6.10 Å². The van der Waals surface area contributed by atoms with Gasteiger partial charge < -0.3 is 4.74 Å². The van der Waals surface area contributed by atoms with E-state index in [0.717, 1.165) is 16.7 Å². The minimum Gasteiger partial charge on any atom is -0.377 e. The maximum atomic E-state index is 5.29. The molecule has 0 fully saturated rings. The monoisotopic (exact) mass is 254 g/mol. The summed E-state index contributed by atoms with van der Waals surface area (Å²) in [4.78, 5) is 8.28. The summed E-state index contributed by atoms with van der Waals surface area (Å²) in [6, 6.07) is 8.25. The summed E-state index contributed by atoms with van der Waals surface area (Å²) in [5.74, 6) is 0.605. The van der Waals surface area contributed by atoms with Crippen molar-refractivity contribution in [1.82, 2.24) is 19.6 Å². The number of benzene rings is 1. The highest BCUT2D eigenvalue weighted by Crippen LogP contribution is 2.22. The normalized spacial score (nSPS) is 12.7. The zero-order valence-corrected chi connectivity index (χ0v) is 10.8. The predicted octanol–water partition coefficient (Wildman–Crippen LogP) is 2.50. The molecule has 1 atom stereocenters. The van der Waals surface area contributed by atoms with Crippen LogP contribution in [0, 0.1) is 0 Å². The largest absolute Gasteiger partial charge is 0.377 e. The lowest BCUT2D eigenvalue weighted by molar-refractivity contribution is 0.119. The van der Waals surface area contributed by atoms with Gasteiger partial charge in [0.2, 0.25) is 0 Å². The molecule has 3 aromatic rings. The quantitative estimate of drug-likeness (QED) is 0.720. The van der Waals surface area contributed by atoms with E-state index >= 15 is 0 Å². The third-order valence-corrected chi connectivity index (χ3v) is 3.20. The summed E-state index contributed by atoms with van der Waals surface area (Å²) in [5.41, 5.74) is 3.26. The van der Waals surface area contributed by atoms with Gasteiger partial charge >= 0.3 is 0 Å². The molecular formula is C14H14N4O. The first kappa shape index (κ1) is 11.8. The fourth-order valence-corrected chi connectivity index (χ4v) is 1.95. The molecule has 19 heavy (non-hydrogen) atoms. The van der Waals surface area contributed by atoms with E-state index in [1.165, 1.54) is 6.33 Å². The Morgan fingerprint density at radius 2 is 1.89 bits per heavy atom. The maximum absolute atomic E-state index is 5.29. The zero-order chi connectivity index (χ0) is 13.2. The van der Waals surface area contributed by atoms with Crippen LogP contribution in [0.2, 0.25) is 0 Å². The van der Waals surface area contributed by atoms with E-state index < -0.39 is 0 Å². The van der Waals surface area contributed by atoms with Gasteiger partial charge in [-0.3, -0.25) is 0 Å². The average Bonchev–Trinajstić information content (AvgIpc) is 2.94. The lowest BCUT2D eigenvalue weighted by Gasteiger charge is -2.10. The van der Waals surface area contributed by atoms with Crippen LogP contribution in [0.4, 0.5) is 0 Å². The second-order valence-electron chi connectivity index (χ2n) is 4.35. The summed E-state index contributed by atoms with van der Waals surface area (Å²) in [5, 5.41) is 4.09. The molecule has 5 heteroatoms. The topological polar surface area (TPSA) is 52.3 Å². The van der Waals surface area contributed by atoms with Crippen molar-refractivity contribution in [2.24, 2.45) is 0 Å². The van der Waals surface area contributed by atoms with Gasteiger partial charge in [-0.05, 0) is 18.1 Å². The van der Waals surface area contributed by atoms with Crippen LogP contribution in [0.3, 0.4) is 0 Å². The Morgan fingerprint density at radius 1 is 1.11 bits per heavy atom. The highest BCUT2D eigenvalue weighted by Gasteiger charge is 2.05. The van der Waals surface area contributed by atoms with Crippen molar-refractivity contribution in [3.8, 4) is 11.1 Å². The van der Waals surface area contributed by atoms with Gasteiger partial charge in [-0.2, -0.15) is 10.1 Å². The Morgan fingerprint density at radius 3 is 2.63 bits per heavy atom. The molecule has 1 unspecified atom stereocenters. The van der Waals surface area contributed by atoms with Crippen molar-refractivity contribution in [2.75, 3.05) is 7.11 Å². The number of rotatable bonds is 3. The molecule has 0 aliphatic heterocycles. The smallest absolute Gasteiger partial charge is 0.252 e. The number of hydrogen-bond acceptors (Lipinski definition) is 4. The van der Waals surface area contributed by atoms with Gasteiger partial charge in [0.15, 0.2) is 0 Å². The summed E-state index contributed by atoms with van der Waals surface area (Å²) < 4.78 is 6.96. The number of methoxy groups -OCH3 is 1. The average molecular weight is 254 g/mol. The van der Waals surface area contributed by atoms with Gasteiger partial charge in [-0.25, -0.2) is 9.50 Å². The van der Waals surface area contributed by atoms with E-state index in [1.807, 2.05) is 13.1 Å². The third kappa shape index (κ3) is 2.20. The Kier molecular flexibility index (Phi) is 2.97. The lowest BCUT2D eigenvalue weighted by atomic mass is 10.0. The molecule has 0 amide bonds. The van der Waals surface area contributed by atoms with Crippen LogP contribution in [-0.4, -0.2) is 26.7 Å². The SMILES string of the molecule is COC(C)c1ccc(-c2cnc3ncnn3c2)cc1. The Hall–Kier alpha value is -2.27. The van der Waals surface area contributed by atoms with Crippen molar-refractivity contribution in [1.29, 1.82) is 0 Å². The van der Waals surface area contributed by atoms with Crippen LogP contribution in [0.1, 0.15) is 18.6 Å². The number of hydrogen-bond donors (Lipinski definition) is 0. The van der Waals surface area contributed by atoms with Crippen molar-refractivity contribution in [2.45, 2.75) is 13.0 Å². The van der Waals surface area contributed by atoms with Gasteiger partial charge in [0, 0.05) is 25.1 Å². The predicted molar refractivity (Wildman–Crippen MR) is 71.6 cm³/mol. The standard InChI is InChI=1S/C14H14N4O/c1-10(19-2)11-3-5-12(6-4-11)13-7-15-14-16-9-17-18(14)8-13/h3-10H,1-2H3. The maximum Gasteiger partial charge on any atom is 0.252 e. The fourth-order valence-electron chi connectivity index (χ4n) is 1.95. The van der Waals surface area contributed by atoms with Crippen LogP contribution in [0.15, 0.2) is 43.0 Å². The lowest BCUT2D eigenvalue weighted by Crippen LogP contribution is -1.96. The molecule has 5 nitrogen and oxygen atoms in total. The summed E-state index contributed by atoms with van der Waals surface area (Å²) in [6.45, 7) is 2.03. The van der Waals surface area contributed by atoms with Crippen LogP contribution in [0.5, 0.6) is 0 Å². The Bertz CT molecular complexity index is 690.